The van der Waals surface area contributed by atoms with Crippen molar-refractivity contribution in [1.82, 2.24) is 0 Å². The van der Waals surface area contributed by atoms with Gasteiger partial charge < -0.3 is 4.85 Å². The molecule has 1 fully saturated rings. The highest BCUT2D eigenvalue weighted by Gasteiger charge is 2.47. The Kier molecular flexibility index (Phi) is 2.43. The molecule has 1 rings (SSSR count). The molecule has 0 aromatic heterocycles. The zero-order valence-electron chi connectivity index (χ0n) is 6.32. The molecule has 0 aromatic carbocycles. The highest BCUT2D eigenvalue weighted by molar-refractivity contribution is 5.02. The molecule has 0 unspecified atom stereocenters. The fourth-order valence-electron chi connectivity index (χ4n) is 1.54. The van der Waals surface area contributed by atoms with E-state index >= 15 is 0 Å². The molecule has 1 nitrogen and oxygen atoms in total. The van der Waals surface area contributed by atoms with Crippen LogP contribution in [0.15, 0.2) is 0 Å². The summed E-state index contributed by atoms with van der Waals surface area (Å²) in [5.41, 5.74) is -1.32. The molecule has 0 spiro atoms. The largest absolute Gasteiger partial charge is 0.314 e. The number of nitrogens with zero attached hydrogens (tertiary/aromatic N) is 1. The van der Waals surface area contributed by atoms with Crippen molar-refractivity contribution >= 4 is 0 Å². The van der Waals surface area contributed by atoms with Crippen LogP contribution in [0.25, 0.3) is 4.85 Å². The second-order valence-electron chi connectivity index (χ2n) is 3.08. The lowest BCUT2D eigenvalue weighted by Crippen LogP contribution is -2.35. The molecular weight excluding hydrogens is 148 g/mol. The van der Waals surface area contributed by atoms with E-state index in [0.29, 0.717) is 12.8 Å². The Bertz CT molecular complexity index is 165. The van der Waals surface area contributed by atoms with Gasteiger partial charge in [0.05, 0.1) is 0 Å². The molecule has 0 heterocycles. The summed E-state index contributed by atoms with van der Waals surface area (Å²) in [6.07, 6.45) is 0.881. The van der Waals surface area contributed by atoms with Gasteiger partial charge in [0.25, 0.3) is 5.54 Å². The van der Waals surface area contributed by atoms with E-state index in [0.717, 1.165) is 19.3 Å². The summed E-state index contributed by atoms with van der Waals surface area (Å²) in [6.45, 7) is 6.72. The fourth-order valence-corrected chi connectivity index (χ4v) is 1.54. The van der Waals surface area contributed by atoms with Crippen molar-refractivity contribution in [3.05, 3.63) is 11.4 Å². The number of rotatable bonds is 1. The van der Waals surface area contributed by atoms with Crippen LogP contribution >= 0.6 is 0 Å². The van der Waals surface area contributed by atoms with Gasteiger partial charge in [-0.05, 0) is 12.8 Å². The Hall–Kier alpha value is -0.650. The Morgan fingerprint density at radius 2 is 1.73 bits per heavy atom. The second kappa shape index (κ2) is 3.17. The lowest BCUT2D eigenvalue weighted by atomic mass is 9.83. The Labute approximate surface area is 65.2 Å². The first-order chi connectivity index (χ1) is 5.21. The standard InChI is InChI=1S/C8H11F2N/c1-11-8(7(9)10)5-3-2-4-6-8/h7H,2-6H2. The van der Waals surface area contributed by atoms with E-state index in [4.69, 9.17) is 6.57 Å². The SMILES string of the molecule is [C-]#[N+]C1(C(F)F)CCCCC1. The summed E-state index contributed by atoms with van der Waals surface area (Å²) in [5.74, 6) is 0. The summed E-state index contributed by atoms with van der Waals surface area (Å²) < 4.78 is 24.7. The van der Waals surface area contributed by atoms with Gasteiger partial charge >= 0.3 is 6.43 Å². The number of hydrogen-bond donors (Lipinski definition) is 0. The maximum absolute atomic E-state index is 12.4. The van der Waals surface area contributed by atoms with Crippen LogP contribution in [0.2, 0.25) is 0 Å². The highest BCUT2D eigenvalue weighted by Crippen LogP contribution is 2.36. The second-order valence-corrected chi connectivity index (χ2v) is 3.08. The molecule has 1 saturated carbocycles. The van der Waals surface area contributed by atoms with Crippen molar-refractivity contribution in [2.75, 3.05) is 0 Å². The van der Waals surface area contributed by atoms with Gasteiger partial charge in [-0.25, -0.2) is 15.4 Å². The molecular formula is C8H11F2N. The minimum Gasteiger partial charge on any atom is -0.304 e. The lowest BCUT2D eigenvalue weighted by molar-refractivity contribution is 0.0540. The van der Waals surface area contributed by atoms with Gasteiger partial charge in [-0.1, -0.05) is 6.42 Å². The van der Waals surface area contributed by atoms with E-state index in [2.05, 4.69) is 4.85 Å². The van der Waals surface area contributed by atoms with Gasteiger partial charge in [0.15, 0.2) is 0 Å². The zero-order valence-corrected chi connectivity index (χ0v) is 6.32. The average molecular weight is 159 g/mol. The fraction of sp³-hybridized carbons (Fsp3) is 0.875. The smallest absolute Gasteiger partial charge is 0.304 e. The van der Waals surface area contributed by atoms with Gasteiger partial charge in [0, 0.05) is 12.8 Å². The number of alkyl halides is 2. The molecule has 0 atom stereocenters. The minimum atomic E-state index is -2.46. The molecule has 3 heteroatoms. The first-order valence-corrected chi connectivity index (χ1v) is 3.88. The highest BCUT2D eigenvalue weighted by atomic mass is 19.3. The quantitative estimate of drug-likeness (QED) is 0.518. The molecule has 0 saturated heterocycles. The van der Waals surface area contributed by atoms with Crippen LogP contribution in [0.3, 0.4) is 0 Å². The topological polar surface area (TPSA) is 4.36 Å². The molecule has 11 heavy (non-hydrogen) atoms. The molecule has 62 valence electrons. The van der Waals surface area contributed by atoms with Crippen LogP contribution in [0.1, 0.15) is 32.1 Å². The zero-order chi connectivity index (χ0) is 8.32. The van der Waals surface area contributed by atoms with Crippen molar-refractivity contribution in [2.24, 2.45) is 0 Å². The van der Waals surface area contributed by atoms with E-state index in [1.165, 1.54) is 0 Å². The van der Waals surface area contributed by atoms with Crippen molar-refractivity contribution < 1.29 is 8.78 Å². The van der Waals surface area contributed by atoms with Crippen LogP contribution in [0.5, 0.6) is 0 Å². The summed E-state index contributed by atoms with van der Waals surface area (Å²) in [6, 6.07) is 0. The Balaban J connectivity index is 2.67. The van der Waals surface area contributed by atoms with Crippen molar-refractivity contribution in [3.63, 3.8) is 0 Å². The molecule has 0 amide bonds. The summed E-state index contributed by atoms with van der Waals surface area (Å²) in [5, 5.41) is 0. The third kappa shape index (κ3) is 1.50. The summed E-state index contributed by atoms with van der Waals surface area (Å²) in [7, 11) is 0. The maximum atomic E-state index is 12.4. The first kappa shape index (κ1) is 8.45. The first-order valence-electron chi connectivity index (χ1n) is 3.88. The van der Waals surface area contributed by atoms with E-state index < -0.39 is 12.0 Å². The molecule has 0 aliphatic heterocycles. The van der Waals surface area contributed by atoms with Gasteiger partial charge in [-0.15, -0.1) is 0 Å². The van der Waals surface area contributed by atoms with Crippen LogP contribution in [-0.2, 0) is 0 Å². The molecule has 1 aliphatic carbocycles. The van der Waals surface area contributed by atoms with Crippen LogP contribution in [-0.4, -0.2) is 12.0 Å². The van der Waals surface area contributed by atoms with Gasteiger partial charge in [0.2, 0.25) is 0 Å². The third-order valence-corrected chi connectivity index (χ3v) is 2.35. The molecule has 0 bridgehead atoms. The van der Waals surface area contributed by atoms with Gasteiger partial charge in [-0.3, -0.25) is 0 Å². The maximum Gasteiger partial charge on any atom is 0.314 e. The van der Waals surface area contributed by atoms with Crippen molar-refractivity contribution in [1.29, 1.82) is 0 Å². The van der Waals surface area contributed by atoms with Crippen LogP contribution in [0.4, 0.5) is 8.78 Å². The molecule has 0 aromatic rings. The van der Waals surface area contributed by atoms with E-state index in [-0.39, 0.29) is 0 Å². The van der Waals surface area contributed by atoms with Gasteiger partial charge in [-0.2, -0.15) is 0 Å². The number of halogens is 2. The molecule has 0 radical (unpaired) electrons. The molecule has 1 aliphatic rings. The Morgan fingerprint density at radius 3 is 2.00 bits per heavy atom. The van der Waals surface area contributed by atoms with E-state index in [1.807, 2.05) is 0 Å². The predicted molar refractivity (Wildman–Crippen MR) is 38.4 cm³/mol. The Morgan fingerprint density at radius 1 is 1.18 bits per heavy atom. The molecule has 0 N–H and O–H groups in total. The number of hydrogen-bond acceptors (Lipinski definition) is 0. The van der Waals surface area contributed by atoms with Crippen molar-refractivity contribution in [2.45, 2.75) is 44.1 Å². The monoisotopic (exact) mass is 159 g/mol. The third-order valence-electron chi connectivity index (χ3n) is 2.35. The van der Waals surface area contributed by atoms with Gasteiger partial charge in [0.1, 0.15) is 0 Å². The average Bonchev–Trinajstić information content (AvgIpc) is 2.05. The predicted octanol–water partition coefficient (Wildman–Crippen LogP) is 2.87. The lowest BCUT2D eigenvalue weighted by Gasteiger charge is -2.24. The van der Waals surface area contributed by atoms with E-state index in [9.17, 15) is 8.78 Å². The minimum absolute atomic E-state index is 0.383. The van der Waals surface area contributed by atoms with E-state index in [1.54, 1.807) is 0 Å². The summed E-state index contributed by atoms with van der Waals surface area (Å²) >= 11 is 0. The van der Waals surface area contributed by atoms with Crippen LogP contribution in [0, 0.1) is 6.57 Å². The van der Waals surface area contributed by atoms with Crippen LogP contribution < -0.4 is 0 Å². The summed E-state index contributed by atoms with van der Waals surface area (Å²) in [4.78, 5) is 3.08. The van der Waals surface area contributed by atoms with Crippen molar-refractivity contribution in [3.8, 4) is 0 Å². The normalized spacial score (nSPS) is 23.1.